The van der Waals surface area contributed by atoms with Gasteiger partial charge in [-0.15, -0.1) is 0 Å². The van der Waals surface area contributed by atoms with E-state index < -0.39 is 23.4 Å². The minimum atomic E-state index is -1.14. The van der Waals surface area contributed by atoms with E-state index in [0.29, 0.717) is 16.9 Å². The van der Waals surface area contributed by atoms with E-state index >= 15 is 0 Å². The lowest BCUT2D eigenvalue weighted by molar-refractivity contribution is -0.131. The summed E-state index contributed by atoms with van der Waals surface area (Å²) in [4.78, 5) is 14.5. The van der Waals surface area contributed by atoms with Gasteiger partial charge in [0.25, 0.3) is 0 Å². The van der Waals surface area contributed by atoms with Crippen molar-refractivity contribution < 1.29 is 32.5 Å². The highest BCUT2D eigenvalue weighted by atomic mass is 19.2. The van der Waals surface area contributed by atoms with Crippen LogP contribution in [0, 0.1) is 17.5 Å². The van der Waals surface area contributed by atoms with E-state index in [1.165, 1.54) is 42.6 Å². The second-order valence-corrected chi connectivity index (χ2v) is 5.83. The molecule has 0 radical (unpaired) electrons. The number of benzene rings is 2. The zero-order chi connectivity index (χ0) is 20.8. The quantitative estimate of drug-likeness (QED) is 0.567. The fourth-order valence-corrected chi connectivity index (χ4v) is 2.29. The van der Waals surface area contributed by atoms with Crippen molar-refractivity contribution in [1.82, 2.24) is 4.98 Å². The Morgan fingerprint density at radius 3 is 2.48 bits per heavy atom. The van der Waals surface area contributed by atoms with Crippen LogP contribution in [0.4, 0.5) is 13.2 Å². The van der Waals surface area contributed by atoms with Gasteiger partial charge in [-0.1, -0.05) is 12.1 Å². The number of aromatic nitrogens is 1. The lowest BCUT2D eigenvalue weighted by Crippen LogP contribution is -1.98. The highest BCUT2D eigenvalue weighted by Crippen LogP contribution is 2.25. The van der Waals surface area contributed by atoms with E-state index in [2.05, 4.69) is 4.98 Å². The van der Waals surface area contributed by atoms with Crippen LogP contribution >= 0.6 is 0 Å². The molecule has 148 valence electrons. The number of rotatable bonds is 7. The van der Waals surface area contributed by atoms with Crippen LogP contribution in [-0.2, 0) is 11.4 Å². The maximum atomic E-state index is 14.1. The number of aliphatic carboxylic acids is 1. The first kappa shape index (κ1) is 19.9. The number of pyridine rings is 1. The van der Waals surface area contributed by atoms with Crippen molar-refractivity contribution in [3.8, 4) is 17.4 Å². The van der Waals surface area contributed by atoms with Crippen LogP contribution in [0.15, 0.2) is 60.8 Å². The fraction of sp³-hybridized carbons (Fsp3) is 0.0476. The summed E-state index contributed by atoms with van der Waals surface area (Å²) in [6.07, 6.45) is 3.50. The van der Waals surface area contributed by atoms with Gasteiger partial charge in [0.1, 0.15) is 12.4 Å². The third-order valence-electron chi connectivity index (χ3n) is 3.69. The van der Waals surface area contributed by atoms with Gasteiger partial charge in [-0.2, -0.15) is 0 Å². The predicted molar refractivity (Wildman–Crippen MR) is 98.1 cm³/mol. The summed E-state index contributed by atoms with van der Waals surface area (Å²) in [5.74, 6) is -3.33. The molecule has 3 aromatic rings. The average Bonchev–Trinajstić information content (AvgIpc) is 2.70. The van der Waals surface area contributed by atoms with Gasteiger partial charge in [-0.3, -0.25) is 0 Å². The van der Waals surface area contributed by atoms with Crippen molar-refractivity contribution in [1.29, 1.82) is 0 Å². The molecule has 2 aromatic carbocycles. The summed E-state index contributed by atoms with van der Waals surface area (Å²) >= 11 is 0. The van der Waals surface area contributed by atoms with Gasteiger partial charge >= 0.3 is 5.97 Å². The lowest BCUT2D eigenvalue weighted by Gasteiger charge is -2.09. The van der Waals surface area contributed by atoms with Crippen LogP contribution in [0.2, 0.25) is 0 Å². The molecule has 0 atom stereocenters. The number of carbonyl (C=O) groups is 1. The fourth-order valence-electron chi connectivity index (χ4n) is 2.29. The van der Waals surface area contributed by atoms with Crippen molar-refractivity contribution in [2.45, 2.75) is 6.61 Å². The third kappa shape index (κ3) is 5.58. The molecular weight excluding hydrogens is 387 g/mol. The Labute approximate surface area is 163 Å². The van der Waals surface area contributed by atoms with Crippen LogP contribution in [0.5, 0.6) is 17.4 Å². The molecule has 0 fully saturated rings. The second kappa shape index (κ2) is 8.92. The van der Waals surface area contributed by atoms with Crippen LogP contribution < -0.4 is 9.47 Å². The smallest absolute Gasteiger partial charge is 0.328 e. The van der Waals surface area contributed by atoms with Crippen LogP contribution in [-0.4, -0.2) is 16.1 Å². The number of hydrogen-bond acceptors (Lipinski definition) is 4. The molecule has 8 heteroatoms. The zero-order valence-electron chi connectivity index (χ0n) is 14.8. The van der Waals surface area contributed by atoms with Crippen molar-refractivity contribution in [3.05, 3.63) is 89.4 Å². The molecule has 5 nitrogen and oxygen atoms in total. The van der Waals surface area contributed by atoms with E-state index in [0.717, 1.165) is 24.3 Å². The predicted octanol–water partition coefficient (Wildman–Crippen LogP) is 4.97. The summed E-state index contributed by atoms with van der Waals surface area (Å²) in [6, 6.07) is 10.4. The van der Waals surface area contributed by atoms with Crippen molar-refractivity contribution in [2.24, 2.45) is 0 Å². The molecule has 0 saturated heterocycles. The molecule has 0 unspecified atom stereocenters. The summed E-state index contributed by atoms with van der Waals surface area (Å²) in [5.41, 5.74) is 0.814. The Morgan fingerprint density at radius 2 is 1.83 bits per heavy atom. The summed E-state index contributed by atoms with van der Waals surface area (Å²) in [7, 11) is 0. The van der Waals surface area contributed by atoms with Crippen molar-refractivity contribution in [3.63, 3.8) is 0 Å². The monoisotopic (exact) mass is 401 g/mol. The summed E-state index contributed by atoms with van der Waals surface area (Å²) in [5, 5.41) is 8.59. The summed E-state index contributed by atoms with van der Waals surface area (Å²) < 4.78 is 51.0. The first-order valence-electron chi connectivity index (χ1n) is 8.32. The standard InChI is InChI=1S/C21H14F3NO4/c22-16-5-1-14(10-17(16)23)12-28-15-4-7-20(25-11-15)29-19-6-2-13(9-18(19)24)3-8-21(26)27/h1-11H,12H2,(H,26,27)/b8-3+. The largest absolute Gasteiger partial charge is 0.487 e. The molecule has 0 spiro atoms. The zero-order valence-corrected chi connectivity index (χ0v) is 14.8. The number of halogens is 3. The minimum Gasteiger partial charge on any atom is -0.487 e. The highest BCUT2D eigenvalue weighted by molar-refractivity contribution is 5.85. The van der Waals surface area contributed by atoms with E-state index in [4.69, 9.17) is 14.6 Å². The Balaban J connectivity index is 1.61. The maximum Gasteiger partial charge on any atom is 0.328 e. The molecule has 0 saturated carbocycles. The molecular formula is C21H14F3NO4. The number of nitrogens with zero attached hydrogens (tertiary/aromatic N) is 1. The Bertz CT molecular complexity index is 1050. The molecule has 0 aliphatic rings. The molecule has 29 heavy (non-hydrogen) atoms. The molecule has 3 rings (SSSR count). The normalized spacial score (nSPS) is 10.9. The molecule has 0 amide bonds. The second-order valence-electron chi connectivity index (χ2n) is 5.83. The van der Waals surface area contributed by atoms with E-state index in [-0.39, 0.29) is 18.2 Å². The van der Waals surface area contributed by atoms with Gasteiger partial charge in [-0.25, -0.2) is 22.9 Å². The first-order chi connectivity index (χ1) is 13.9. The van der Waals surface area contributed by atoms with E-state index in [1.807, 2.05) is 0 Å². The average molecular weight is 401 g/mol. The van der Waals surface area contributed by atoms with Gasteiger partial charge in [0.15, 0.2) is 23.2 Å². The van der Waals surface area contributed by atoms with Gasteiger partial charge in [0.05, 0.1) is 6.20 Å². The van der Waals surface area contributed by atoms with Gasteiger partial charge in [0.2, 0.25) is 5.88 Å². The Hall–Kier alpha value is -3.81. The number of carboxylic acid groups (broad SMARTS) is 1. The molecule has 0 aliphatic carbocycles. The van der Waals surface area contributed by atoms with Gasteiger partial charge in [0, 0.05) is 12.1 Å². The van der Waals surface area contributed by atoms with Gasteiger partial charge < -0.3 is 14.6 Å². The van der Waals surface area contributed by atoms with Crippen molar-refractivity contribution >= 4 is 12.0 Å². The summed E-state index contributed by atoms with van der Waals surface area (Å²) in [6.45, 7) is 0.0129. The lowest BCUT2D eigenvalue weighted by atomic mass is 10.2. The third-order valence-corrected chi connectivity index (χ3v) is 3.69. The molecule has 0 bridgehead atoms. The topological polar surface area (TPSA) is 68.7 Å². The minimum absolute atomic E-state index is 0.0129. The van der Waals surface area contributed by atoms with E-state index in [1.54, 1.807) is 0 Å². The Kier molecular flexibility index (Phi) is 6.13. The number of ether oxygens (including phenoxy) is 2. The Morgan fingerprint density at radius 1 is 1.00 bits per heavy atom. The van der Waals surface area contributed by atoms with E-state index in [9.17, 15) is 18.0 Å². The number of carboxylic acids is 1. The maximum absolute atomic E-state index is 14.1. The molecule has 1 aromatic heterocycles. The van der Waals surface area contributed by atoms with Crippen molar-refractivity contribution in [2.75, 3.05) is 0 Å². The number of hydrogen-bond donors (Lipinski definition) is 1. The van der Waals surface area contributed by atoms with Gasteiger partial charge in [-0.05, 0) is 47.5 Å². The molecule has 1 N–H and O–H groups in total. The van der Waals surface area contributed by atoms with Crippen LogP contribution in [0.3, 0.4) is 0 Å². The first-order valence-corrected chi connectivity index (χ1v) is 8.32. The molecule has 1 heterocycles. The van der Waals surface area contributed by atoms with Crippen LogP contribution in [0.1, 0.15) is 11.1 Å². The highest BCUT2D eigenvalue weighted by Gasteiger charge is 2.08. The van der Waals surface area contributed by atoms with Crippen LogP contribution in [0.25, 0.3) is 6.08 Å². The molecule has 0 aliphatic heterocycles. The SMILES string of the molecule is O=C(O)/C=C/c1ccc(Oc2ccc(OCc3ccc(F)c(F)c3)cn2)c(F)c1.